The van der Waals surface area contributed by atoms with E-state index in [1.54, 1.807) is 36.4 Å². The fourth-order valence-electron chi connectivity index (χ4n) is 2.34. The van der Waals surface area contributed by atoms with Gasteiger partial charge in [0.1, 0.15) is 11.3 Å². The largest absolute Gasteiger partial charge is 0.496 e. The average molecular weight is 370 g/mol. The van der Waals surface area contributed by atoms with Crippen LogP contribution in [0.1, 0.15) is 29.8 Å². The van der Waals surface area contributed by atoms with Crippen LogP contribution in [0.25, 0.3) is 0 Å². The van der Waals surface area contributed by atoms with E-state index >= 15 is 0 Å². The van der Waals surface area contributed by atoms with Crippen molar-refractivity contribution >= 4 is 29.2 Å². The second kappa shape index (κ2) is 8.84. The van der Waals surface area contributed by atoms with Crippen molar-refractivity contribution in [3.8, 4) is 5.75 Å². The molecule has 0 radical (unpaired) electrons. The molecule has 2 aromatic carbocycles. The molecular weight excluding hydrogens is 348 g/mol. The number of aryl methyl sites for hydroxylation is 1. The fourth-order valence-corrected chi connectivity index (χ4v) is 2.34. The van der Waals surface area contributed by atoms with Gasteiger partial charge in [0.05, 0.1) is 7.11 Å². The van der Waals surface area contributed by atoms with Crippen LogP contribution < -0.4 is 15.4 Å². The molecule has 0 saturated carbocycles. The van der Waals surface area contributed by atoms with Crippen molar-refractivity contribution in [1.29, 1.82) is 0 Å². The SMILES string of the molecule is COc1ccc(C)cc1C(=O)O[C@H](C)C(=O)Nc1ccc(NC(C)=O)cc1. The minimum Gasteiger partial charge on any atom is -0.496 e. The Bertz CT molecular complexity index is 846. The number of hydrogen-bond donors (Lipinski definition) is 2. The number of methoxy groups -OCH3 is 1. The van der Waals surface area contributed by atoms with E-state index in [-0.39, 0.29) is 11.5 Å². The molecular formula is C20H22N2O5. The summed E-state index contributed by atoms with van der Waals surface area (Å²) >= 11 is 0. The summed E-state index contributed by atoms with van der Waals surface area (Å²) in [6.45, 7) is 4.74. The number of ether oxygens (including phenoxy) is 2. The predicted molar refractivity (Wildman–Crippen MR) is 102 cm³/mol. The molecule has 1 atom stereocenters. The molecule has 0 unspecified atom stereocenters. The third-order valence-electron chi connectivity index (χ3n) is 3.70. The van der Waals surface area contributed by atoms with Gasteiger partial charge in [0.15, 0.2) is 6.10 Å². The van der Waals surface area contributed by atoms with E-state index in [0.29, 0.717) is 17.1 Å². The van der Waals surface area contributed by atoms with Crippen LogP contribution >= 0.6 is 0 Å². The summed E-state index contributed by atoms with van der Waals surface area (Å²) in [4.78, 5) is 35.7. The topological polar surface area (TPSA) is 93.7 Å². The molecule has 7 heteroatoms. The first-order valence-corrected chi connectivity index (χ1v) is 8.34. The molecule has 0 aliphatic heterocycles. The second-order valence-corrected chi connectivity index (χ2v) is 6.00. The summed E-state index contributed by atoms with van der Waals surface area (Å²) in [6, 6.07) is 11.7. The van der Waals surface area contributed by atoms with Crippen LogP contribution in [-0.4, -0.2) is 31.0 Å². The Balaban J connectivity index is 2.00. The third kappa shape index (κ3) is 5.57. The molecule has 2 rings (SSSR count). The van der Waals surface area contributed by atoms with Gasteiger partial charge in [0.25, 0.3) is 5.91 Å². The van der Waals surface area contributed by atoms with Gasteiger partial charge in [0, 0.05) is 18.3 Å². The lowest BCUT2D eigenvalue weighted by Crippen LogP contribution is -2.30. The summed E-state index contributed by atoms with van der Waals surface area (Å²) in [5.74, 6) is -0.910. The fraction of sp³-hybridized carbons (Fsp3) is 0.250. The first-order chi connectivity index (χ1) is 12.8. The summed E-state index contributed by atoms with van der Waals surface area (Å²) < 4.78 is 10.4. The van der Waals surface area contributed by atoms with Crippen molar-refractivity contribution in [3.05, 3.63) is 53.6 Å². The number of benzene rings is 2. The lowest BCUT2D eigenvalue weighted by molar-refractivity contribution is -0.123. The first-order valence-electron chi connectivity index (χ1n) is 8.34. The minimum atomic E-state index is -1.00. The van der Waals surface area contributed by atoms with Crippen LogP contribution in [-0.2, 0) is 14.3 Å². The van der Waals surface area contributed by atoms with Crippen molar-refractivity contribution in [2.75, 3.05) is 17.7 Å². The highest BCUT2D eigenvalue weighted by Crippen LogP contribution is 2.21. The standard InChI is InChI=1S/C20H22N2O5/c1-12-5-10-18(26-4)17(11-12)20(25)27-13(2)19(24)22-16-8-6-15(7-9-16)21-14(3)23/h5-11,13H,1-4H3,(H,21,23)(H,22,24)/t13-/m1/s1. The van der Waals surface area contributed by atoms with Crippen molar-refractivity contribution in [2.45, 2.75) is 26.9 Å². The van der Waals surface area contributed by atoms with Gasteiger partial charge in [-0.2, -0.15) is 0 Å². The molecule has 0 fully saturated rings. The number of nitrogens with one attached hydrogen (secondary N) is 2. The number of carbonyl (C=O) groups excluding carboxylic acids is 3. The van der Waals surface area contributed by atoms with Crippen LogP contribution in [0, 0.1) is 6.92 Å². The highest BCUT2D eigenvalue weighted by molar-refractivity contribution is 5.98. The highest BCUT2D eigenvalue weighted by atomic mass is 16.5. The summed E-state index contributed by atoms with van der Waals surface area (Å²) in [5.41, 5.74) is 2.27. The van der Waals surface area contributed by atoms with E-state index in [0.717, 1.165) is 5.56 Å². The Morgan fingerprint density at radius 2 is 1.56 bits per heavy atom. The predicted octanol–water partition coefficient (Wildman–Crippen LogP) is 3.15. The van der Waals surface area contributed by atoms with Gasteiger partial charge in [0.2, 0.25) is 5.91 Å². The van der Waals surface area contributed by atoms with Gasteiger partial charge in [-0.1, -0.05) is 11.6 Å². The molecule has 2 N–H and O–H groups in total. The number of rotatable bonds is 6. The van der Waals surface area contributed by atoms with E-state index in [9.17, 15) is 14.4 Å². The van der Waals surface area contributed by atoms with E-state index in [1.165, 1.54) is 21.0 Å². The Morgan fingerprint density at radius 1 is 0.963 bits per heavy atom. The van der Waals surface area contributed by atoms with Crippen LogP contribution in [0.3, 0.4) is 0 Å². The molecule has 0 bridgehead atoms. The minimum absolute atomic E-state index is 0.182. The molecule has 0 aromatic heterocycles. The summed E-state index contributed by atoms with van der Waals surface area (Å²) in [7, 11) is 1.46. The molecule has 2 aromatic rings. The van der Waals surface area contributed by atoms with Gasteiger partial charge in [-0.15, -0.1) is 0 Å². The third-order valence-corrected chi connectivity index (χ3v) is 3.70. The van der Waals surface area contributed by atoms with Crippen molar-refractivity contribution in [3.63, 3.8) is 0 Å². The van der Waals surface area contributed by atoms with E-state index in [2.05, 4.69) is 10.6 Å². The molecule has 7 nitrogen and oxygen atoms in total. The Morgan fingerprint density at radius 3 is 2.11 bits per heavy atom. The van der Waals surface area contributed by atoms with Crippen LogP contribution in [0.4, 0.5) is 11.4 Å². The van der Waals surface area contributed by atoms with Gasteiger partial charge < -0.3 is 20.1 Å². The molecule has 2 amide bonds. The second-order valence-electron chi connectivity index (χ2n) is 6.00. The smallest absolute Gasteiger partial charge is 0.342 e. The summed E-state index contributed by atoms with van der Waals surface area (Å²) in [5, 5.41) is 5.29. The lowest BCUT2D eigenvalue weighted by Gasteiger charge is -2.15. The maximum Gasteiger partial charge on any atom is 0.342 e. The average Bonchev–Trinajstić information content (AvgIpc) is 2.62. The Kier molecular flexibility index (Phi) is 6.54. The van der Waals surface area contributed by atoms with Crippen LogP contribution in [0.2, 0.25) is 0 Å². The number of carbonyl (C=O) groups is 3. The van der Waals surface area contributed by atoms with E-state index in [4.69, 9.17) is 9.47 Å². The Labute approximate surface area is 157 Å². The van der Waals surface area contributed by atoms with Gasteiger partial charge in [-0.05, 0) is 50.2 Å². The Hall–Kier alpha value is -3.35. The molecule has 0 aliphatic rings. The summed E-state index contributed by atoms with van der Waals surface area (Å²) in [6.07, 6.45) is -1.00. The van der Waals surface area contributed by atoms with Gasteiger partial charge >= 0.3 is 5.97 Å². The van der Waals surface area contributed by atoms with Gasteiger partial charge in [-0.3, -0.25) is 9.59 Å². The zero-order valence-corrected chi connectivity index (χ0v) is 15.7. The van der Waals surface area contributed by atoms with Crippen molar-refractivity contribution in [2.24, 2.45) is 0 Å². The molecule has 142 valence electrons. The molecule has 0 spiro atoms. The zero-order valence-electron chi connectivity index (χ0n) is 15.7. The van der Waals surface area contributed by atoms with Crippen LogP contribution in [0.15, 0.2) is 42.5 Å². The molecule has 27 heavy (non-hydrogen) atoms. The lowest BCUT2D eigenvalue weighted by atomic mass is 10.1. The highest BCUT2D eigenvalue weighted by Gasteiger charge is 2.21. The van der Waals surface area contributed by atoms with Crippen molar-refractivity contribution in [1.82, 2.24) is 0 Å². The number of amides is 2. The molecule has 0 saturated heterocycles. The monoisotopic (exact) mass is 370 g/mol. The van der Waals surface area contributed by atoms with Gasteiger partial charge in [-0.25, -0.2) is 4.79 Å². The maximum absolute atomic E-state index is 12.4. The first kappa shape index (κ1) is 20.0. The number of esters is 1. The van der Waals surface area contributed by atoms with Crippen LogP contribution in [0.5, 0.6) is 5.75 Å². The molecule has 0 aliphatic carbocycles. The normalized spacial score (nSPS) is 11.3. The number of anilines is 2. The number of hydrogen-bond acceptors (Lipinski definition) is 5. The molecule has 0 heterocycles. The maximum atomic E-state index is 12.4. The zero-order chi connectivity index (χ0) is 20.0. The van der Waals surface area contributed by atoms with E-state index in [1.807, 2.05) is 13.0 Å². The van der Waals surface area contributed by atoms with Crippen molar-refractivity contribution < 1.29 is 23.9 Å². The van der Waals surface area contributed by atoms with E-state index < -0.39 is 18.0 Å². The quantitative estimate of drug-likeness (QED) is 0.762.